The maximum absolute atomic E-state index is 13.1. The van der Waals surface area contributed by atoms with Crippen LogP contribution in [0.2, 0.25) is 0 Å². The summed E-state index contributed by atoms with van der Waals surface area (Å²) in [6.45, 7) is 0.839. The van der Waals surface area contributed by atoms with Gasteiger partial charge in [-0.05, 0) is 30.5 Å². The second-order valence-electron chi connectivity index (χ2n) is 6.89. The summed E-state index contributed by atoms with van der Waals surface area (Å²) in [5.74, 6) is 0.0162. The minimum Gasteiger partial charge on any atom is -0.359 e. The summed E-state index contributed by atoms with van der Waals surface area (Å²) in [5, 5.41) is 3.63. The first kappa shape index (κ1) is 19.0. The Balaban J connectivity index is 1.59. The first-order valence-corrected chi connectivity index (χ1v) is 11.4. The van der Waals surface area contributed by atoms with Gasteiger partial charge in [-0.15, -0.1) is 11.3 Å². The molecular weight excluding hydrogens is 394 g/mol. The molecule has 1 unspecified atom stereocenters. The molecule has 0 spiro atoms. The third-order valence-electron chi connectivity index (χ3n) is 5.08. The minimum atomic E-state index is -3.55. The van der Waals surface area contributed by atoms with Crippen LogP contribution in [0, 0.1) is 5.92 Å². The van der Waals surface area contributed by atoms with Crippen LogP contribution in [0.15, 0.2) is 52.9 Å². The molecule has 0 radical (unpaired) electrons. The highest BCUT2D eigenvalue weighted by atomic mass is 32.2. The summed E-state index contributed by atoms with van der Waals surface area (Å²) in [6.07, 6.45) is 2.81. The molecule has 0 saturated carbocycles. The van der Waals surface area contributed by atoms with Crippen molar-refractivity contribution in [1.29, 1.82) is 0 Å². The Labute approximate surface area is 168 Å². The fourth-order valence-corrected chi connectivity index (χ4v) is 6.60. The second kappa shape index (κ2) is 7.62. The van der Waals surface area contributed by atoms with Crippen LogP contribution in [0.4, 0.5) is 0 Å². The van der Waals surface area contributed by atoms with Gasteiger partial charge >= 0.3 is 0 Å². The van der Waals surface area contributed by atoms with Crippen molar-refractivity contribution in [3.63, 3.8) is 0 Å². The zero-order valence-electron chi connectivity index (χ0n) is 15.5. The molecule has 8 heteroatoms. The van der Waals surface area contributed by atoms with E-state index in [-0.39, 0.29) is 11.8 Å². The quantitative estimate of drug-likeness (QED) is 0.694. The molecule has 3 heterocycles. The molecule has 1 aromatic carbocycles. The molecule has 28 heavy (non-hydrogen) atoms. The van der Waals surface area contributed by atoms with Crippen LogP contribution < -0.4 is 5.32 Å². The maximum atomic E-state index is 13.1. The first-order valence-electron chi connectivity index (χ1n) is 9.14. The van der Waals surface area contributed by atoms with Gasteiger partial charge in [-0.25, -0.2) is 8.42 Å². The smallest absolute Gasteiger partial charge is 0.252 e. The summed E-state index contributed by atoms with van der Waals surface area (Å²) in [7, 11) is -1.96. The van der Waals surface area contributed by atoms with Gasteiger partial charge in [0, 0.05) is 48.6 Å². The van der Waals surface area contributed by atoms with Crippen LogP contribution >= 0.6 is 11.3 Å². The number of thiophene rings is 1. The van der Waals surface area contributed by atoms with Gasteiger partial charge in [-0.1, -0.05) is 24.3 Å². The van der Waals surface area contributed by atoms with Gasteiger partial charge in [-0.2, -0.15) is 4.31 Å². The van der Waals surface area contributed by atoms with Gasteiger partial charge in [0.1, 0.15) is 4.21 Å². The Hall–Kier alpha value is -2.29. The number of rotatable bonds is 5. The fraction of sp³-hybridized carbons (Fsp3) is 0.300. The number of carbonyl (C=O) groups is 1. The molecule has 1 amide bonds. The number of sulfonamides is 1. The average Bonchev–Trinajstić information content (AvgIpc) is 3.38. The highest BCUT2D eigenvalue weighted by Gasteiger charge is 2.34. The van der Waals surface area contributed by atoms with E-state index in [0.717, 1.165) is 21.3 Å². The number of hydrogen-bond acceptors (Lipinski definition) is 5. The number of nitrogens with one attached hydrogen (secondary N) is 1. The van der Waals surface area contributed by atoms with Gasteiger partial charge in [0.05, 0.1) is 5.52 Å². The summed E-state index contributed by atoms with van der Waals surface area (Å²) >= 11 is 1.27. The number of amides is 1. The number of para-hydroxylation sites is 1. The van der Waals surface area contributed by atoms with E-state index in [1.807, 2.05) is 36.4 Å². The van der Waals surface area contributed by atoms with Crippen molar-refractivity contribution in [2.24, 2.45) is 5.92 Å². The number of pyridine rings is 1. The lowest BCUT2D eigenvalue weighted by molar-refractivity contribution is -0.121. The zero-order chi connectivity index (χ0) is 19.7. The van der Waals surface area contributed by atoms with Crippen LogP contribution in [-0.2, 0) is 14.8 Å². The predicted molar refractivity (Wildman–Crippen MR) is 111 cm³/mol. The molecule has 1 aliphatic heterocycles. The molecule has 1 atom stereocenters. The SMILES string of the molecule is CNC(=O)CC1CCN(S(=O)(=O)c2ccc(-c3cccc4cccnc34)s2)C1. The van der Waals surface area contributed by atoms with Crippen LogP contribution in [0.3, 0.4) is 0 Å². The summed E-state index contributed by atoms with van der Waals surface area (Å²) in [6, 6.07) is 13.3. The van der Waals surface area contributed by atoms with Gasteiger partial charge in [-0.3, -0.25) is 9.78 Å². The van der Waals surface area contributed by atoms with Crippen LogP contribution in [0.1, 0.15) is 12.8 Å². The van der Waals surface area contributed by atoms with E-state index in [0.29, 0.717) is 30.1 Å². The lowest BCUT2D eigenvalue weighted by atomic mass is 10.1. The van der Waals surface area contributed by atoms with Gasteiger partial charge in [0.2, 0.25) is 5.91 Å². The standard InChI is InChI=1S/C20H21N3O3S2/c1-21-18(24)12-14-9-11-23(13-14)28(25,26)19-8-7-17(27-19)16-6-2-4-15-5-3-10-22-20(15)16/h2-8,10,14H,9,11-13H2,1H3,(H,21,24). The molecule has 1 saturated heterocycles. The van der Waals surface area contributed by atoms with E-state index in [1.54, 1.807) is 19.3 Å². The minimum absolute atomic E-state index is 0.0499. The summed E-state index contributed by atoms with van der Waals surface area (Å²) in [4.78, 5) is 16.9. The van der Waals surface area contributed by atoms with E-state index in [4.69, 9.17) is 0 Å². The molecule has 1 aliphatic rings. The van der Waals surface area contributed by atoms with Crippen molar-refractivity contribution < 1.29 is 13.2 Å². The lowest BCUT2D eigenvalue weighted by Crippen LogP contribution is -2.29. The molecule has 6 nitrogen and oxygen atoms in total. The van der Waals surface area contributed by atoms with Crippen LogP contribution in [0.5, 0.6) is 0 Å². The Morgan fingerprint density at radius 2 is 2.07 bits per heavy atom. The molecule has 0 bridgehead atoms. The van der Waals surface area contributed by atoms with Crippen molar-refractivity contribution in [3.8, 4) is 10.4 Å². The third-order valence-corrected chi connectivity index (χ3v) is 8.53. The van der Waals surface area contributed by atoms with E-state index in [2.05, 4.69) is 10.3 Å². The summed E-state index contributed by atoms with van der Waals surface area (Å²) < 4.78 is 28.0. The topological polar surface area (TPSA) is 79.4 Å². The van der Waals surface area contributed by atoms with Crippen LogP contribution in [0.25, 0.3) is 21.3 Å². The molecule has 146 valence electrons. The number of nitrogens with zero attached hydrogens (tertiary/aromatic N) is 2. The van der Waals surface area contributed by atoms with E-state index in [1.165, 1.54) is 15.6 Å². The monoisotopic (exact) mass is 415 g/mol. The zero-order valence-corrected chi connectivity index (χ0v) is 17.1. The Morgan fingerprint density at radius 1 is 1.25 bits per heavy atom. The molecule has 2 aromatic heterocycles. The maximum Gasteiger partial charge on any atom is 0.252 e. The van der Waals surface area contributed by atoms with E-state index in [9.17, 15) is 13.2 Å². The highest BCUT2D eigenvalue weighted by Crippen LogP contribution is 2.36. The third kappa shape index (κ3) is 3.55. The number of fused-ring (bicyclic) bond motifs is 1. The Morgan fingerprint density at radius 3 is 2.89 bits per heavy atom. The number of benzene rings is 1. The molecule has 1 fully saturated rings. The van der Waals surface area contributed by atoms with Crippen molar-refractivity contribution in [3.05, 3.63) is 48.7 Å². The largest absolute Gasteiger partial charge is 0.359 e. The molecule has 4 rings (SSSR count). The van der Waals surface area contributed by atoms with Crippen molar-refractivity contribution in [2.75, 3.05) is 20.1 Å². The normalized spacial score (nSPS) is 17.8. The van der Waals surface area contributed by atoms with Gasteiger partial charge < -0.3 is 5.32 Å². The molecular formula is C20H21N3O3S2. The van der Waals surface area contributed by atoms with Gasteiger partial charge in [0.25, 0.3) is 10.0 Å². The average molecular weight is 416 g/mol. The molecule has 0 aliphatic carbocycles. The predicted octanol–water partition coefficient (Wildman–Crippen LogP) is 3.11. The fourth-order valence-electron chi connectivity index (χ4n) is 3.58. The van der Waals surface area contributed by atoms with Crippen molar-refractivity contribution >= 4 is 38.2 Å². The highest BCUT2D eigenvalue weighted by molar-refractivity contribution is 7.91. The number of hydrogen-bond donors (Lipinski definition) is 1. The molecule has 3 aromatic rings. The Bertz CT molecular complexity index is 1120. The molecule has 1 N–H and O–H groups in total. The first-order chi connectivity index (χ1) is 13.5. The van der Waals surface area contributed by atoms with E-state index < -0.39 is 10.0 Å². The van der Waals surface area contributed by atoms with Crippen LogP contribution in [-0.4, -0.2) is 43.8 Å². The van der Waals surface area contributed by atoms with E-state index >= 15 is 0 Å². The Kier molecular flexibility index (Phi) is 5.18. The van der Waals surface area contributed by atoms with Gasteiger partial charge in [0.15, 0.2) is 0 Å². The van der Waals surface area contributed by atoms with Crippen molar-refractivity contribution in [2.45, 2.75) is 17.1 Å². The van der Waals surface area contributed by atoms with Crippen molar-refractivity contribution in [1.82, 2.24) is 14.6 Å². The second-order valence-corrected chi connectivity index (χ2v) is 10.1. The number of carbonyl (C=O) groups excluding carboxylic acids is 1. The number of aromatic nitrogens is 1. The lowest BCUT2D eigenvalue weighted by Gasteiger charge is -2.15. The summed E-state index contributed by atoms with van der Waals surface area (Å²) in [5.41, 5.74) is 1.80.